The number of rotatable bonds is 2. The van der Waals surface area contributed by atoms with E-state index in [0.717, 1.165) is 21.0 Å². The van der Waals surface area contributed by atoms with E-state index >= 15 is 0 Å². The van der Waals surface area contributed by atoms with Crippen LogP contribution in [0, 0.1) is 11.3 Å². The van der Waals surface area contributed by atoms with Gasteiger partial charge in [-0.3, -0.25) is 0 Å². The lowest BCUT2D eigenvalue weighted by Crippen LogP contribution is -1.83. The van der Waals surface area contributed by atoms with Crippen molar-refractivity contribution >= 4 is 38.4 Å². The first-order valence-corrected chi connectivity index (χ1v) is 7.43. The van der Waals surface area contributed by atoms with Crippen LogP contribution in [0.25, 0.3) is 22.4 Å². The van der Waals surface area contributed by atoms with Crippen LogP contribution >= 0.6 is 15.9 Å². The van der Waals surface area contributed by atoms with E-state index in [2.05, 4.69) is 40.2 Å². The van der Waals surface area contributed by atoms with E-state index in [-0.39, 0.29) is 0 Å². The average Bonchev–Trinajstić information content (AvgIpc) is 2.54. The SMILES string of the molecule is N#C/C(=C/c1cccc2ccccc12)c1ccc(Br)cc1. The third-order valence-corrected chi connectivity index (χ3v) is 3.93. The Balaban J connectivity index is 2.13. The summed E-state index contributed by atoms with van der Waals surface area (Å²) in [5.74, 6) is 0. The molecule has 3 aromatic carbocycles. The van der Waals surface area contributed by atoms with Gasteiger partial charge in [-0.1, -0.05) is 70.5 Å². The number of nitriles is 1. The summed E-state index contributed by atoms with van der Waals surface area (Å²) in [6, 6.07) is 24.4. The van der Waals surface area contributed by atoms with Crippen LogP contribution in [0.4, 0.5) is 0 Å². The Labute approximate surface area is 132 Å². The van der Waals surface area contributed by atoms with Crippen LogP contribution in [-0.2, 0) is 0 Å². The number of fused-ring (bicyclic) bond motifs is 1. The predicted molar refractivity (Wildman–Crippen MR) is 91.6 cm³/mol. The fraction of sp³-hybridized carbons (Fsp3) is 0. The number of hydrogen-bond acceptors (Lipinski definition) is 1. The van der Waals surface area contributed by atoms with Gasteiger partial charge in [0.2, 0.25) is 0 Å². The van der Waals surface area contributed by atoms with Gasteiger partial charge in [-0.2, -0.15) is 5.26 Å². The van der Waals surface area contributed by atoms with E-state index < -0.39 is 0 Å². The van der Waals surface area contributed by atoms with Gasteiger partial charge in [-0.05, 0) is 40.1 Å². The number of nitrogens with zero attached hydrogens (tertiary/aromatic N) is 1. The molecule has 0 aromatic heterocycles. The maximum absolute atomic E-state index is 9.45. The van der Waals surface area contributed by atoms with E-state index in [1.807, 2.05) is 54.6 Å². The minimum Gasteiger partial charge on any atom is -0.192 e. The molecule has 0 unspecified atom stereocenters. The third-order valence-electron chi connectivity index (χ3n) is 3.40. The molecular weight excluding hydrogens is 322 g/mol. The second-order valence-electron chi connectivity index (χ2n) is 4.75. The lowest BCUT2D eigenvalue weighted by molar-refractivity contribution is 1.52. The molecule has 1 nitrogen and oxygen atoms in total. The molecule has 0 amide bonds. The van der Waals surface area contributed by atoms with Gasteiger partial charge in [0.1, 0.15) is 0 Å². The summed E-state index contributed by atoms with van der Waals surface area (Å²) in [7, 11) is 0. The lowest BCUT2D eigenvalue weighted by Gasteiger charge is -2.04. The predicted octanol–water partition coefficient (Wildman–Crippen LogP) is 5.67. The first-order valence-electron chi connectivity index (χ1n) is 6.63. The normalized spacial score (nSPS) is 11.3. The van der Waals surface area contributed by atoms with E-state index in [4.69, 9.17) is 0 Å². The van der Waals surface area contributed by atoms with Crippen LogP contribution in [0.5, 0.6) is 0 Å². The molecular formula is C19H12BrN. The topological polar surface area (TPSA) is 23.8 Å². The van der Waals surface area contributed by atoms with E-state index in [1.165, 1.54) is 5.39 Å². The molecule has 2 heteroatoms. The van der Waals surface area contributed by atoms with Gasteiger partial charge in [0.15, 0.2) is 0 Å². The summed E-state index contributed by atoms with van der Waals surface area (Å²) < 4.78 is 1.01. The Hall–Kier alpha value is -2.37. The number of halogens is 1. The summed E-state index contributed by atoms with van der Waals surface area (Å²) >= 11 is 3.41. The Kier molecular flexibility index (Phi) is 3.85. The van der Waals surface area contributed by atoms with Gasteiger partial charge < -0.3 is 0 Å². The molecule has 0 radical (unpaired) electrons. The highest BCUT2D eigenvalue weighted by Crippen LogP contribution is 2.24. The van der Waals surface area contributed by atoms with Crippen LogP contribution in [0.2, 0.25) is 0 Å². The molecule has 0 saturated heterocycles. The summed E-state index contributed by atoms with van der Waals surface area (Å²) in [4.78, 5) is 0. The first kappa shape index (κ1) is 13.6. The van der Waals surface area contributed by atoms with Gasteiger partial charge in [0.25, 0.3) is 0 Å². The van der Waals surface area contributed by atoms with Crippen LogP contribution in [0.1, 0.15) is 11.1 Å². The number of allylic oxidation sites excluding steroid dienone is 1. The van der Waals surface area contributed by atoms with Gasteiger partial charge in [-0.25, -0.2) is 0 Å². The fourth-order valence-electron chi connectivity index (χ4n) is 2.34. The molecule has 0 aliphatic rings. The minimum absolute atomic E-state index is 0.666. The molecule has 0 saturated carbocycles. The van der Waals surface area contributed by atoms with Crippen molar-refractivity contribution < 1.29 is 0 Å². The highest BCUT2D eigenvalue weighted by Gasteiger charge is 2.03. The van der Waals surface area contributed by atoms with Gasteiger partial charge in [0, 0.05) is 4.47 Å². The van der Waals surface area contributed by atoms with Crippen LogP contribution in [0.15, 0.2) is 71.2 Å². The Morgan fingerprint density at radius 3 is 2.38 bits per heavy atom. The zero-order chi connectivity index (χ0) is 14.7. The van der Waals surface area contributed by atoms with Crippen LogP contribution in [0.3, 0.4) is 0 Å². The molecule has 0 N–H and O–H groups in total. The van der Waals surface area contributed by atoms with Gasteiger partial charge >= 0.3 is 0 Å². The molecule has 3 rings (SSSR count). The van der Waals surface area contributed by atoms with Crippen LogP contribution in [-0.4, -0.2) is 0 Å². The summed E-state index contributed by atoms with van der Waals surface area (Å²) in [6.07, 6.45) is 1.95. The summed E-state index contributed by atoms with van der Waals surface area (Å²) in [5.41, 5.74) is 2.65. The summed E-state index contributed by atoms with van der Waals surface area (Å²) in [6.45, 7) is 0. The zero-order valence-electron chi connectivity index (χ0n) is 11.3. The number of benzene rings is 3. The molecule has 3 aromatic rings. The van der Waals surface area contributed by atoms with Crippen molar-refractivity contribution in [1.82, 2.24) is 0 Å². The molecule has 0 aliphatic heterocycles. The van der Waals surface area contributed by atoms with E-state index in [1.54, 1.807) is 0 Å². The molecule has 0 fully saturated rings. The molecule has 0 atom stereocenters. The third kappa shape index (κ3) is 2.89. The Morgan fingerprint density at radius 1 is 0.905 bits per heavy atom. The van der Waals surface area contributed by atoms with Crippen molar-refractivity contribution in [3.05, 3.63) is 82.3 Å². The fourth-order valence-corrected chi connectivity index (χ4v) is 2.61. The molecule has 0 heterocycles. The van der Waals surface area contributed by atoms with Crippen molar-refractivity contribution in [2.45, 2.75) is 0 Å². The van der Waals surface area contributed by atoms with Crippen LogP contribution < -0.4 is 0 Å². The van der Waals surface area contributed by atoms with Crippen molar-refractivity contribution in [3.8, 4) is 6.07 Å². The smallest absolute Gasteiger partial charge is 0.0998 e. The zero-order valence-corrected chi connectivity index (χ0v) is 12.8. The second-order valence-corrected chi connectivity index (χ2v) is 5.66. The van der Waals surface area contributed by atoms with Gasteiger partial charge in [-0.15, -0.1) is 0 Å². The molecule has 21 heavy (non-hydrogen) atoms. The van der Waals surface area contributed by atoms with Gasteiger partial charge in [0.05, 0.1) is 11.6 Å². The molecule has 0 spiro atoms. The first-order chi connectivity index (χ1) is 10.3. The van der Waals surface area contributed by atoms with Crippen molar-refractivity contribution in [1.29, 1.82) is 5.26 Å². The Bertz CT molecular complexity index is 849. The van der Waals surface area contributed by atoms with Crippen molar-refractivity contribution in [3.63, 3.8) is 0 Å². The average molecular weight is 334 g/mol. The maximum Gasteiger partial charge on any atom is 0.0998 e. The number of hydrogen-bond donors (Lipinski definition) is 0. The molecule has 0 bridgehead atoms. The van der Waals surface area contributed by atoms with Crippen molar-refractivity contribution in [2.24, 2.45) is 0 Å². The molecule has 100 valence electrons. The maximum atomic E-state index is 9.45. The highest BCUT2D eigenvalue weighted by molar-refractivity contribution is 9.10. The Morgan fingerprint density at radius 2 is 1.62 bits per heavy atom. The lowest BCUT2D eigenvalue weighted by atomic mass is 10.00. The highest BCUT2D eigenvalue weighted by atomic mass is 79.9. The van der Waals surface area contributed by atoms with E-state index in [9.17, 15) is 5.26 Å². The molecule has 0 aliphatic carbocycles. The standard InChI is InChI=1S/C19H12BrN/c20-18-10-8-14(9-11-18)17(13-21)12-16-6-3-5-15-4-1-2-7-19(15)16/h1-12H/b17-12-. The van der Waals surface area contributed by atoms with E-state index in [0.29, 0.717) is 5.57 Å². The monoisotopic (exact) mass is 333 g/mol. The second kappa shape index (κ2) is 5.95. The largest absolute Gasteiger partial charge is 0.192 e. The van der Waals surface area contributed by atoms with Crippen molar-refractivity contribution in [2.75, 3.05) is 0 Å². The minimum atomic E-state index is 0.666. The quantitative estimate of drug-likeness (QED) is 0.438. The summed E-state index contributed by atoms with van der Waals surface area (Å²) in [5, 5.41) is 11.8.